The highest BCUT2D eigenvalue weighted by Crippen LogP contribution is 2.18. The van der Waals surface area contributed by atoms with Gasteiger partial charge in [-0.3, -0.25) is 9.59 Å². The van der Waals surface area contributed by atoms with Crippen molar-refractivity contribution < 1.29 is 18.9 Å². The van der Waals surface area contributed by atoms with Crippen LogP contribution in [0.5, 0.6) is 0 Å². The Morgan fingerprint density at radius 3 is 2.37 bits per heavy atom. The molecule has 0 aliphatic carbocycles. The minimum atomic E-state index is -0.333. The van der Waals surface area contributed by atoms with Crippen LogP contribution < -0.4 is 10.2 Å². The molecule has 2 aromatic carbocycles. The number of rotatable bonds is 5. The van der Waals surface area contributed by atoms with E-state index in [1.807, 2.05) is 26.0 Å². The Morgan fingerprint density at radius 2 is 1.74 bits per heavy atom. The van der Waals surface area contributed by atoms with Gasteiger partial charge in [0.25, 0.3) is 5.91 Å². The SMILES string of the molecule is Cc1ccc(NC(=O)C[NH+]2CCC(C(=O)c3ccc(F)cc3)CC2)c(C)c1. The number of Topliss-reactive ketones (excluding diaryl/α,β-unsaturated/α-hetero) is 1. The summed E-state index contributed by atoms with van der Waals surface area (Å²) in [6.07, 6.45) is 1.50. The van der Waals surface area contributed by atoms with Crippen molar-refractivity contribution in [3.8, 4) is 0 Å². The zero-order chi connectivity index (χ0) is 19.4. The predicted molar refractivity (Wildman–Crippen MR) is 104 cm³/mol. The van der Waals surface area contributed by atoms with Gasteiger partial charge in [0.05, 0.1) is 13.1 Å². The number of ketones is 1. The van der Waals surface area contributed by atoms with Gasteiger partial charge in [-0.05, 0) is 49.7 Å². The molecule has 0 aromatic heterocycles. The quantitative estimate of drug-likeness (QED) is 0.796. The first-order valence-corrected chi connectivity index (χ1v) is 9.43. The van der Waals surface area contributed by atoms with Crippen molar-refractivity contribution in [2.24, 2.45) is 5.92 Å². The summed E-state index contributed by atoms with van der Waals surface area (Å²) in [5.74, 6) is -0.295. The Bertz CT molecular complexity index is 825. The molecule has 27 heavy (non-hydrogen) atoms. The molecule has 0 spiro atoms. The molecule has 0 atom stereocenters. The summed E-state index contributed by atoms with van der Waals surface area (Å²) >= 11 is 0. The second kappa shape index (κ2) is 8.44. The van der Waals surface area contributed by atoms with Gasteiger partial charge in [-0.1, -0.05) is 17.7 Å². The van der Waals surface area contributed by atoms with Crippen LogP contribution in [0.4, 0.5) is 10.1 Å². The number of carbonyl (C=O) groups excluding carboxylic acids is 2. The van der Waals surface area contributed by atoms with Gasteiger partial charge in [-0.25, -0.2) is 4.39 Å². The van der Waals surface area contributed by atoms with Crippen molar-refractivity contribution in [1.82, 2.24) is 0 Å². The summed E-state index contributed by atoms with van der Waals surface area (Å²) in [6.45, 7) is 6.00. The molecule has 0 radical (unpaired) electrons. The van der Waals surface area contributed by atoms with Crippen LogP contribution in [-0.4, -0.2) is 31.3 Å². The summed E-state index contributed by atoms with van der Waals surface area (Å²) in [5, 5.41) is 2.99. The Hall–Kier alpha value is -2.53. The van der Waals surface area contributed by atoms with Crippen LogP contribution in [0, 0.1) is 25.6 Å². The van der Waals surface area contributed by atoms with E-state index in [9.17, 15) is 14.0 Å². The summed E-state index contributed by atoms with van der Waals surface area (Å²) < 4.78 is 13.0. The Balaban J connectivity index is 1.49. The molecular weight excluding hydrogens is 343 g/mol. The molecule has 0 saturated carbocycles. The molecule has 1 heterocycles. The summed E-state index contributed by atoms with van der Waals surface area (Å²) in [5.41, 5.74) is 3.65. The Kier molecular flexibility index (Phi) is 6.01. The number of likely N-dealkylation sites (tertiary alicyclic amines) is 1. The van der Waals surface area contributed by atoms with Gasteiger partial charge in [-0.2, -0.15) is 0 Å². The zero-order valence-corrected chi connectivity index (χ0v) is 15.8. The van der Waals surface area contributed by atoms with Crippen molar-refractivity contribution >= 4 is 17.4 Å². The van der Waals surface area contributed by atoms with Crippen LogP contribution in [0.3, 0.4) is 0 Å². The van der Waals surface area contributed by atoms with E-state index in [0.717, 1.165) is 37.2 Å². The second-order valence-corrected chi connectivity index (χ2v) is 7.44. The number of piperidine rings is 1. The summed E-state index contributed by atoms with van der Waals surface area (Å²) in [4.78, 5) is 26.1. The van der Waals surface area contributed by atoms with Gasteiger partial charge in [-0.15, -0.1) is 0 Å². The van der Waals surface area contributed by atoms with E-state index in [1.165, 1.54) is 22.6 Å². The Morgan fingerprint density at radius 1 is 1.07 bits per heavy atom. The normalized spacial score (nSPS) is 19.5. The third-order valence-corrected chi connectivity index (χ3v) is 5.26. The van der Waals surface area contributed by atoms with E-state index < -0.39 is 0 Å². The molecule has 1 amide bonds. The number of aryl methyl sites for hydroxylation is 2. The number of hydrogen-bond acceptors (Lipinski definition) is 2. The topological polar surface area (TPSA) is 50.6 Å². The number of amides is 1. The number of nitrogens with one attached hydrogen (secondary N) is 2. The Labute approximate surface area is 159 Å². The van der Waals surface area contributed by atoms with Crippen LogP contribution in [0.2, 0.25) is 0 Å². The van der Waals surface area contributed by atoms with Gasteiger partial charge in [0, 0.05) is 30.0 Å². The van der Waals surface area contributed by atoms with Crippen molar-refractivity contribution in [2.45, 2.75) is 26.7 Å². The molecule has 1 aliphatic rings. The molecule has 0 bridgehead atoms. The lowest BCUT2D eigenvalue weighted by Crippen LogP contribution is -3.14. The minimum absolute atomic E-state index is 0.000245. The average molecular weight is 369 g/mol. The van der Waals surface area contributed by atoms with Gasteiger partial charge in [0.15, 0.2) is 12.3 Å². The van der Waals surface area contributed by atoms with E-state index in [2.05, 4.69) is 11.4 Å². The molecule has 2 N–H and O–H groups in total. The number of benzene rings is 2. The fraction of sp³-hybridized carbons (Fsp3) is 0.364. The molecular formula is C22H26FN2O2+. The van der Waals surface area contributed by atoms with Crippen molar-refractivity contribution in [3.05, 3.63) is 65.0 Å². The third kappa shape index (κ3) is 5.01. The van der Waals surface area contributed by atoms with E-state index in [1.54, 1.807) is 12.1 Å². The van der Waals surface area contributed by atoms with E-state index >= 15 is 0 Å². The molecule has 5 heteroatoms. The standard InChI is InChI=1S/C22H25FN2O2/c1-15-3-8-20(16(2)13-15)24-21(26)14-25-11-9-18(10-12-25)22(27)17-4-6-19(23)7-5-17/h3-8,13,18H,9-12,14H2,1-2H3,(H,24,26)/p+1. The van der Waals surface area contributed by atoms with E-state index in [0.29, 0.717) is 12.1 Å². The highest BCUT2D eigenvalue weighted by molar-refractivity contribution is 5.97. The number of halogens is 1. The fourth-order valence-electron chi connectivity index (χ4n) is 3.69. The summed E-state index contributed by atoms with van der Waals surface area (Å²) in [7, 11) is 0. The lowest BCUT2D eigenvalue weighted by molar-refractivity contribution is -0.897. The van der Waals surface area contributed by atoms with Gasteiger partial charge in [0.2, 0.25) is 0 Å². The average Bonchev–Trinajstić information content (AvgIpc) is 2.65. The van der Waals surface area contributed by atoms with Crippen LogP contribution in [0.15, 0.2) is 42.5 Å². The van der Waals surface area contributed by atoms with Crippen LogP contribution in [-0.2, 0) is 4.79 Å². The zero-order valence-electron chi connectivity index (χ0n) is 15.8. The molecule has 0 unspecified atom stereocenters. The largest absolute Gasteiger partial charge is 0.327 e. The van der Waals surface area contributed by atoms with E-state index in [-0.39, 0.29) is 23.4 Å². The maximum Gasteiger partial charge on any atom is 0.279 e. The van der Waals surface area contributed by atoms with Gasteiger partial charge in [0.1, 0.15) is 5.82 Å². The molecule has 1 saturated heterocycles. The smallest absolute Gasteiger partial charge is 0.279 e. The van der Waals surface area contributed by atoms with Gasteiger partial charge < -0.3 is 10.2 Å². The number of carbonyl (C=O) groups is 2. The third-order valence-electron chi connectivity index (χ3n) is 5.26. The first kappa shape index (κ1) is 19.2. The van der Waals surface area contributed by atoms with Crippen LogP contribution >= 0.6 is 0 Å². The lowest BCUT2D eigenvalue weighted by Gasteiger charge is -2.28. The minimum Gasteiger partial charge on any atom is -0.327 e. The molecule has 1 aliphatic heterocycles. The number of hydrogen-bond donors (Lipinski definition) is 2. The summed E-state index contributed by atoms with van der Waals surface area (Å²) in [6, 6.07) is 11.7. The molecule has 1 fully saturated rings. The maximum atomic E-state index is 13.0. The first-order chi connectivity index (χ1) is 12.9. The van der Waals surface area contributed by atoms with Gasteiger partial charge >= 0.3 is 0 Å². The molecule has 3 rings (SSSR count). The lowest BCUT2D eigenvalue weighted by atomic mass is 9.89. The second-order valence-electron chi connectivity index (χ2n) is 7.44. The van der Waals surface area contributed by atoms with Crippen molar-refractivity contribution in [3.63, 3.8) is 0 Å². The fourth-order valence-corrected chi connectivity index (χ4v) is 3.69. The van der Waals surface area contributed by atoms with Crippen LogP contribution in [0.1, 0.15) is 34.3 Å². The number of anilines is 1. The van der Waals surface area contributed by atoms with E-state index in [4.69, 9.17) is 0 Å². The van der Waals surface area contributed by atoms with Crippen molar-refractivity contribution in [2.75, 3.05) is 25.0 Å². The number of quaternary nitrogens is 1. The highest BCUT2D eigenvalue weighted by atomic mass is 19.1. The molecule has 2 aromatic rings. The van der Waals surface area contributed by atoms with Crippen LogP contribution in [0.25, 0.3) is 0 Å². The predicted octanol–water partition coefficient (Wildman–Crippen LogP) is 2.56. The maximum absolute atomic E-state index is 13.0. The van der Waals surface area contributed by atoms with Crippen molar-refractivity contribution in [1.29, 1.82) is 0 Å². The molecule has 4 nitrogen and oxygen atoms in total. The highest BCUT2D eigenvalue weighted by Gasteiger charge is 2.29. The molecule has 142 valence electrons. The first-order valence-electron chi connectivity index (χ1n) is 9.43. The monoisotopic (exact) mass is 369 g/mol.